The molecule has 2 rings (SSSR count). The molecule has 6 heteroatoms. The molecule has 0 fully saturated rings. The molecule has 0 heterocycles. The first kappa shape index (κ1) is 13.9. The monoisotopic (exact) mass is 342 g/mol. The Morgan fingerprint density at radius 3 is 2.37 bits per heavy atom. The number of rotatable bonds is 3. The Morgan fingerprint density at radius 2 is 1.79 bits per heavy atom. The number of halogens is 3. The summed E-state index contributed by atoms with van der Waals surface area (Å²) >= 11 is 8.30. The van der Waals surface area contributed by atoms with Crippen molar-refractivity contribution in [1.29, 1.82) is 0 Å². The molecule has 0 spiro atoms. The number of nitrogens with one attached hydrogen (secondary N) is 1. The van der Waals surface area contributed by atoms with Gasteiger partial charge in [-0.1, -0.05) is 18.3 Å². The maximum absolute atomic E-state index is 13.1. The van der Waals surface area contributed by atoms with Crippen molar-refractivity contribution in [3.8, 4) is 0 Å². The van der Waals surface area contributed by atoms with Gasteiger partial charge in [0.25, 0.3) is 0 Å². The van der Waals surface area contributed by atoms with E-state index in [2.05, 4.69) is 21.2 Å². The molecule has 0 saturated carbocycles. The van der Waals surface area contributed by atoms with E-state index >= 15 is 0 Å². The van der Waals surface area contributed by atoms with Crippen LogP contribution in [-0.2, 0) is 0 Å². The summed E-state index contributed by atoms with van der Waals surface area (Å²) < 4.78 is 27.0. The van der Waals surface area contributed by atoms with Gasteiger partial charge in [0.15, 0.2) is 0 Å². The molecule has 0 amide bonds. The predicted molar refractivity (Wildman–Crippen MR) is 79.7 cm³/mol. The van der Waals surface area contributed by atoms with Crippen molar-refractivity contribution < 1.29 is 8.78 Å². The lowest BCUT2D eigenvalue weighted by Crippen LogP contribution is -2.12. The van der Waals surface area contributed by atoms with Gasteiger partial charge in [-0.3, -0.25) is 0 Å². The van der Waals surface area contributed by atoms with Crippen LogP contribution in [0, 0.1) is 11.6 Å². The van der Waals surface area contributed by atoms with E-state index in [1.807, 2.05) is 0 Å². The average molecular weight is 343 g/mol. The zero-order chi connectivity index (χ0) is 14.0. The lowest BCUT2D eigenvalue weighted by Gasteiger charge is -2.13. The van der Waals surface area contributed by atoms with E-state index in [-0.39, 0.29) is 10.7 Å². The zero-order valence-corrected chi connectivity index (χ0v) is 12.0. The fourth-order valence-corrected chi connectivity index (χ4v) is 2.59. The first-order chi connectivity index (χ1) is 8.97. The van der Waals surface area contributed by atoms with Gasteiger partial charge in [-0.15, -0.1) is 0 Å². The van der Waals surface area contributed by atoms with E-state index in [9.17, 15) is 8.78 Å². The SMILES string of the molecule is NC(=S)c1c(Br)cccc1Nc1cc(F)cc(F)c1. The molecule has 0 radical (unpaired) electrons. The first-order valence-electron chi connectivity index (χ1n) is 5.29. The van der Waals surface area contributed by atoms with Gasteiger partial charge < -0.3 is 11.1 Å². The summed E-state index contributed by atoms with van der Waals surface area (Å²) in [6.07, 6.45) is 0. The lowest BCUT2D eigenvalue weighted by atomic mass is 10.1. The van der Waals surface area contributed by atoms with E-state index in [1.54, 1.807) is 18.2 Å². The van der Waals surface area contributed by atoms with Crippen LogP contribution in [0.1, 0.15) is 5.56 Å². The number of hydrogen-bond donors (Lipinski definition) is 2. The van der Waals surface area contributed by atoms with Crippen LogP contribution in [0.2, 0.25) is 0 Å². The highest BCUT2D eigenvalue weighted by Gasteiger charge is 2.10. The van der Waals surface area contributed by atoms with Gasteiger partial charge in [-0.25, -0.2) is 8.78 Å². The Kier molecular flexibility index (Phi) is 4.11. The van der Waals surface area contributed by atoms with Crippen molar-refractivity contribution >= 4 is 44.5 Å². The van der Waals surface area contributed by atoms with E-state index in [4.69, 9.17) is 18.0 Å². The maximum Gasteiger partial charge on any atom is 0.128 e. The number of anilines is 2. The summed E-state index contributed by atoms with van der Waals surface area (Å²) in [7, 11) is 0. The molecule has 0 bridgehead atoms. The highest BCUT2D eigenvalue weighted by atomic mass is 79.9. The third-order valence-corrected chi connectivity index (χ3v) is 3.27. The number of nitrogens with two attached hydrogens (primary N) is 1. The number of hydrogen-bond acceptors (Lipinski definition) is 2. The van der Waals surface area contributed by atoms with E-state index in [0.29, 0.717) is 15.7 Å². The highest BCUT2D eigenvalue weighted by Crippen LogP contribution is 2.28. The fourth-order valence-electron chi connectivity index (χ4n) is 1.66. The summed E-state index contributed by atoms with van der Waals surface area (Å²) in [6, 6.07) is 8.46. The van der Waals surface area contributed by atoms with Crippen LogP contribution in [-0.4, -0.2) is 4.99 Å². The molecule has 0 atom stereocenters. The molecular formula is C13H9BrF2N2S. The normalized spacial score (nSPS) is 10.3. The molecule has 19 heavy (non-hydrogen) atoms. The maximum atomic E-state index is 13.1. The van der Waals surface area contributed by atoms with Crippen molar-refractivity contribution in [2.24, 2.45) is 5.73 Å². The second-order valence-electron chi connectivity index (χ2n) is 3.81. The molecule has 0 aliphatic heterocycles. The van der Waals surface area contributed by atoms with Gasteiger partial charge >= 0.3 is 0 Å². The largest absolute Gasteiger partial charge is 0.389 e. The van der Waals surface area contributed by atoms with Crippen LogP contribution in [0.15, 0.2) is 40.9 Å². The van der Waals surface area contributed by atoms with Crippen LogP contribution in [0.3, 0.4) is 0 Å². The lowest BCUT2D eigenvalue weighted by molar-refractivity contribution is 0.584. The Hall–Kier alpha value is -1.53. The van der Waals surface area contributed by atoms with Crippen molar-refractivity contribution in [3.63, 3.8) is 0 Å². The molecule has 0 aromatic heterocycles. The van der Waals surface area contributed by atoms with Gasteiger partial charge in [0.2, 0.25) is 0 Å². The van der Waals surface area contributed by atoms with Gasteiger partial charge in [0.1, 0.15) is 16.6 Å². The Morgan fingerprint density at radius 1 is 1.16 bits per heavy atom. The highest BCUT2D eigenvalue weighted by molar-refractivity contribution is 9.10. The van der Waals surface area contributed by atoms with Crippen LogP contribution in [0.4, 0.5) is 20.2 Å². The molecule has 2 aromatic carbocycles. The van der Waals surface area contributed by atoms with Crippen LogP contribution in [0.25, 0.3) is 0 Å². The topological polar surface area (TPSA) is 38.0 Å². The Labute approximate surface area is 122 Å². The van der Waals surface area contributed by atoms with Crippen molar-refractivity contribution in [2.75, 3.05) is 5.32 Å². The molecule has 0 unspecified atom stereocenters. The molecule has 2 nitrogen and oxygen atoms in total. The smallest absolute Gasteiger partial charge is 0.128 e. The van der Waals surface area contributed by atoms with Gasteiger partial charge in [-0.2, -0.15) is 0 Å². The fraction of sp³-hybridized carbons (Fsp3) is 0. The van der Waals surface area contributed by atoms with Crippen LogP contribution >= 0.6 is 28.1 Å². The minimum absolute atomic E-state index is 0.187. The molecule has 98 valence electrons. The number of thiocarbonyl (C=S) groups is 1. The standard InChI is InChI=1S/C13H9BrF2N2S/c14-10-2-1-3-11(12(10)13(17)19)18-9-5-7(15)4-8(16)6-9/h1-6,18H,(H2,17,19). The van der Waals surface area contributed by atoms with Crippen molar-refractivity contribution in [3.05, 3.63) is 58.1 Å². The Bertz CT molecular complexity index is 626. The summed E-state index contributed by atoms with van der Waals surface area (Å²) in [5, 5.41) is 2.90. The van der Waals surface area contributed by atoms with Gasteiger partial charge in [0.05, 0.1) is 0 Å². The van der Waals surface area contributed by atoms with Crippen molar-refractivity contribution in [1.82, 2.24) is 0 Å². The third-order valence-electron chi connectivity index (χ3n) is 2.40. The summed E-state index contributed by atoms with van der Waals surface area (Å²) in [4.78, 5) is 0.187. The summed E-state index contributed by atoms with van der Waals surface area (Å²) in [5.74, 6) is -1.32. The number of benzene rings is 2. The second-order valence-corrected chi connectivity index (χ2v) is 5.10. The summed E-state index contributed by atoms with van der Waals surface area (Å²) in [5.41, 5.74) is 7.09. The predicted octanol–water partition coefficient (Wildman–Crippen LogP) is 4.11. The molecule has 0 aliphatic rings. The molecular weight excluding hydrogens is 334 g/mol. The average Bonchev–Trinajstić information content (AvgIpc) is 2.26. The Balaban J connectivity index is 2.43. The van der Waals surface area contributed by atoms with Gasteiger partial charge in [0, 0.05) is 27.5 Å². The van der Waals surface area contributed by atoms with E-state index in [0.717, 1.165) is 6.07 Å². The van der Waals surface area contributed by atoms with Crippen LogP contribution < -0.4 is 11.1 Å². The summed E-state index contributed by atoms with van der Waals surface area (Å²) in [6.45, 7) is 0. The van der Waals surface area contributed by atoms with E-state index < -0.39 is 11.6 Å². The molecule has 2 aromatic rings. The van der Waals surface area contributed by atoms with Gasteiger partial charge in [-0.05, 0) is 40.2 Å². The quantitative estimate of drug-likeness (QED) is 0.824. The first-order valence-corrected chi connectivity index (χ1v) is 6.49. The van der Waals surface area contributed by atoms with E-state index in [1.165, 1.54) is 12.1 Å². The minimum atomic E-state index is -0.658. The minimum Gasteiger partial charge on any atom is -0.389 e. The van der Waals surface area contributed by atoms with Crippen molar-refractivity contribution in [2.45, 2.75) is 0 Å². The second kappa shape index (κ2) is 5.63. The van der Waals surface area contributed by atoms with Crippen LogP contribution in [0.5, 0.6) is 0 Å². The third kappa shape index (κ3) is 3.27. The molecule has 0 saturated heterocycles. The zero-order valence-electron chi connectivity index (χ0n) is 9.58. The molecule has 3 N–H and O–H groups in total. The molecule has 0 aliphatic carbocycles.